The van der Waals surface area contributed by atoms with Crippen molar-refractivity contribution in [3.05, 3.63) is 71.4 Å². The van der Waals surface area contributed by atoms with E-state index in [-0.39, 0.29) is 0 Å². The van der Waals surface area contributed by atoms with Crippen molar-refractivity contribution in [2.24, 2.45) is 12.2 Å². The number of nitrogens with zero attached hydrogens (tertiary/aromatic N) is 6. The van der Waals surface area contributed by atoms with Crippen molar-refractivity contribution in [1.29, 1.82) is 0 Å². The number of aryl methyl sites for hydroxylation is 1. The fraction of sp³-hybridized carbons (Fsp3) is 0.412. The lowest BCUT2D eigenvalue weighted by Gasteiger charge is -2.20. The molecule has 0 saturated carbocycles. The molecular weight excluding hydrogens is 540 g/mol. The number of aromatic nitrogens is 4. The number of oxime groups is 1. The minimum absolute atomic E-state index is 0.580. The van der Waals surface area contributed by atoms with Crippen molar-refractivity contribution >= 4 is 28.4 Å². The van der Waals surface area contributed by atoms with E-state index in [2.05, 4.69) is 97.6 Å². The summed E-state index contributed by atoms with van der Waals surface area (Å²) in [5.74, 6) is 4.08. The highest BCUT2D eigenvalue weighted by atomic mass is 32.2. The molecule has 7 nitrogen and oxygen atoms in total. The standard InChI is InChI=1S/C29H36N6OS.C3H4.C2H6/c1-6-35(16-15-23-9-8-10-24(19-23)22(4)33-36-7-2)17-18-37-29-32-31-28(34(29)5)26-13-14-27-25(20-26)12-11-21(3)30-27;1-3-2;1-2/h8-14,19-20H,6-7,15-18H2,1-5H3;1H,2H3;1-2H3/b33-22+;;. The maximum absolute atomic E-state index is 5.21. The normalized spacial score (nSPS) is 10.9. The summed E-state index contributed by atoms with van der Waals surface area (Å²) < 4.78 is 2.08. The van der Waals surface area contributed by atoms with Crippen LogP contribution in [0, 0.1) is 19.3 Å². The van der Waals surface area contributed by atoms with Crippen LogP contribution in [0.3, 0.4) is 0 Å². The van der Waals surface area contributed by atoms with Gasteiger partial charge >= 0.3 is 0 Å². The third-order valence-corrected chi connectivity index (χ3v) is 7.40. The summed E-state index contributed by atoms with van der Waals surface area (Å²) in [5, 5.41) is 15.2. The number of benzene rings is 2. The fourth-order valence-corrected chi connectivity index (χ4v) is 5.12. The van der Waals surface area contributed by atoms with Gasteiger partial charge in [0, 0.05) is 42.5 Å². The quantitative estimate of drug-likeness (QED) is 0.0745. The maximum atomic E-state index is 5.21. The molecule has 224 valence electrons. The van der Waals surface area contributed by atoms with Crippen LogP contribution in [-0.4, -0.2) is 62.4 Å². The smallest absolute Gasteiger partial charge is 0.191 e. The summed E-state index contributed by atoms with van der Waals surface area (Å²) in [4.78, 5) is 12.3. The molecule has 2 aromatic carbocycles. The lowest BCUT2D eigenvalue weighted by atomic mass is 10.1. The molecule has 2 heterocycles. The predicted molar refractivity (Wildman–Crippen MR) is 179 cm³/mol. The molecule has 0 aliphatic carbocycles. The van der Waals surface area contributed by atoms with Gasteiger partial charge in [-0.05, 0) is 82.1 Å². The number of pyridine rings is 1. The van der Waals surface area contributed by atoms with Crippen molar-refractivity contribution < 1.29 is 4.84 Å². The second kappa shape index (κ2) is 18.7. The predicted octanol–water partition coefficient (Wildman–Crippen LogP) is 7.42. The van der Waals surface area contributed by atoms with Gasteiger partial charge in [-0.15, -0.1) is 22.5 Å². The van der Waals surface area contributed by atoms with E-state index < -0.39 is 0 Å². The molecule has 42 heavy (non-hydrogen) atoms. The highest BCUT2D eigenvalue weighted by Crippen LogP contribution is 2.25. The Morgan fingerprint density at radius 3 is 2.55 bits per heavy atom. The number of thioether (sulfide) groups is 1. The van der Waals surface area contributed by atoms with Crippen LogP contribution in [0.25, 0.3) is 22.3 Å². The van der Waals surface area contributed by atoms with E-state index in [1.807, 2.05) is 47.7 Å². The molecular formula is C34H46N6OS. The van der Waals surface area contributed by atoms with E-state index in [0.717, 1.165) is 76.2 Å². The monoisotopic (exact) mass is 586 g/mol. The summed E-state index contributed by atoms with van der Waals surface area (Å²) >= 11 is 1.75. The fourth-order valence-electron chi connectivity index (χ4n) is 4.21. The Balaban J connectivity index is 0.00000116. The molecule has 8 heteroatoms. The second-order valence-electron chi connectivity index (χ2n) is 9.34. The molecule has 0 bridgehead atoms. The molecule has 0 N–H and O–H groups in total. The largest absolute Gasteiger partial charge is 0.396 e. The number of terminal acetylenes is 1. The van der Waals surface area contributed by atoms with Crippen molar-refractivity contribution in [1.82, 2.24) is 24.6 Å². The van der Waals surface area contributed by atoms with Crippen LogP contribution < -0.4 is 0 Å². The van der Waals surface area contributed by atoms with E-state index in [1.54, 1.807) is 18.7 Å². The molecule has 4 rings (SSSR count). The van der Waals surface area contributed by atoms with Gasteiger partial charge in [0.1, 0.15) is 6.61 Å². The Kier molecular flexibility index (Phi) is 15.4. The number of hydrogen-bond acceptors (Lipinski definition) is 7. The zero-order chi connectivity index (χ0) is 30.9. The third-order valence-electron chi connectivity index (χ3n) is 6.40. The van der Waals surface area contributed by atoms with Crippen molar-refractivity contribution in [2.75, 3.05) is 32.0 Å². The average Bonchev–Trinajstić information content (AvgIpc) is 3.38. The Morgan fingerprint density at radius 1 is 1.07 bits per heavy atom. The Hall–Kier alpha value is -3.67. The third kappa shape index (κ3) is 10.3. The molecule has 0 spiro atoms. The van der Waals surface area contributed by atoms with E-state index in [0.29, 0.717) is 6.61 Å². The first-order valence-corrected chi connectivity index (χ1v) is 15.6. The molecule has 0 saturated heterocycles. The Bertz CT molecular complexity index is 1460. The molecule has 0 unspecified atom stereocenters. The van der Waals surface area contributed by atoms with Gasteiger partial charge in [-0.1, -0.05) is 62.0 Å². The Morgan fingerprint density at radius 2 is 1.83 bits per heavy atom. The van der Waals surface area contributed by atoms with Crippen LogP contribution in [0.15, 0.2) is 64.9 Å². The average molecular weight is 587 g/mol. The summed E-state index contributed by atoms with van der Waals surface area (Å²) in [6.07, 6.45) is 5.60. The minimum Gasteiger partial charge on any atom is -0.396 e. The molecule has 0 aliphatic rings. The molecule has 0 amide bonds. The van der Waals surface area contributed by atoms with E-state index in [9.17, 15) is 0 Å². The van der Waals surface area contributed by atoms with Gasteiger partial charge in [-0.25, -0.2) is 0 Å². The number of rotatable bonds is 12. The first-order chi connectivity index (χ1) is 20.4. The summed E-state index contributed by atoms with van der Waals surface area (Å²) in [7, 11) is 2.04. The van der Waals surface area contributed by atoms with Crippen molar-refractivity contribution in [2.45, 2.75) is 60.0 Å². The zero-order valence-electron chi connectivity index (χ0n) is 26.5. The molecule has 4 aromatic rings. The highest BCUT2D eigenvalue weighted by Gasteiger charge is 2.13. The summed E-state index contributed by atoms with van der Waals surface area (Å²) in [6, 6.07) is 19.0. The van der Waals surface area contributed by atoms with Crippen molar-refractivity contribution in [3.8, 4) is 23.7 Å². The maximum Gasteiger partial charge on any atom is 0.191 e. The van der Waals surface area contributed by atoms with E-state index in [1.165, 1.54) is 5.56 Å². The first-order valence-electron chi connectivity index (χ1n) is 14.7. The molecule has 0 aliphatic heterocycles. The van der Waals surface area contributed by atoms with Gasteiger partial charge in [0.2, 0.25) is 0 Å². The molecule has 2 aromatic heterocycles. The summed E-state index contributed by atoms with van der Waals surface area (Å²) in [6.45, 7) is 17.4. The van der Waals surface area contributed by atoms with Gasteiger partial charge in [0.15, 0.2) is 11.0 Å². The molecule has 0 radical (unpaired) electrons. The van der Waals surface area contributed by atoms with Crippen LogP contribution in [0.2, 0.25) is 0 Å². The van der Waals surface area contributed by atoms with Gasteiger partial charge in [-0.3, -0.25) is 4.98 Å². The van der Waals surface area contributed by atoms with Crippen LogP contribution in [0.1, 0.15) is 58.4 Å². The number of likely N-dealkylation sites (N-methyl/N-ethyl adjacent to an activating group) is 1. The van der Waals surface area contributed by atoms with Crippen molar-refractivity contribution in [3.63, 3.8) is 0 Å². The van der Waals surface area contributed by atoms with E-state index >= 15 is 0 Å². The summed E-state index contributed by atoms with van der Waals surface area (Å²) in [5.41, 5.74) is 6.41. The van der Waals surface area contributed by atoms with Gasteiger partial charge in [-0.2, -0.15) is 0 Å². The van der Waals surface area contributed by atoms with Gasteiger partial charge in [0.25, 0.3) is 0 Å². The van der Waals surface area contributed by atoms with Crippen LogP contribution >= 0.6 is 11.8 Å². The lowest BCUT2D eigenvalue weighted by molar-refractivity contribution is 0.159. The lowest BCUT2D eigenvalue weighted by Crippen LogP contribution is -2.28. The SMILES string of the molecule is C#CC.CC.CCO/N=C(\C)c1cccc(CCN(CC)CCSc2nnc(-c3ccc4nc(C)ccc4c3)n2C)c1. The Labute approximate surface area is 256 Å². The number of fused-ring (bicyclic) bond motifs is 1. The van der Waals surface area contributed by atoms with Gasteiger partial charge in [0.05, 0.1) is 11.2 Å². The second-order valence-corrected chi connectivity index (χ2v) is 10.4. The van der Waals surface area contributed by atoms with Gasteiger partial charge < -0.3 is 14.3 Å². The molecule has 0 atom stereocenters. The van der Waals surface area contributed by atoms with Crippen LogP contribution in [0.4, 0.5) is 0 Å². The van der Waals surface area contributed by atoms with Crippen LogP contribution in [0.5, 0.6) is 0 Å². The van der Waals surface area contributed by atoms with E-state index in [4.69, 9.17) is 4.84 Å². The first kappa shape index (κ1) is 34.5. The minimum atomic E-state index is 0.580. The molecule has 0 fully saturated rings. The zero-order valence-corrected chi connectivity index (χ0v) is 27.3. The topological polar surface area (TPSA) is 68.4 Å². The number of hydrogen-bond donors (Lipinski definition) is 0. The highest BCUT2D eigenvalue weighted by molar-refractivity contribution is 7.99. The van der Waals surface area contributed by atoms with Crippen LogP contribution in [-0.2, 0) is 18.3 Å².